The Morgan fingerprint density at radius 3 is 2.86 bits per heavy atom. The summed E-state index contributed by atoms with van der Waals surface area (Å²) in [7, 11) is 0. The first-order chi connectivity index (χ1) is 10.0. The van der Waals surface area contributed by atoms with Gasteiger partial charge < -0.3 is 20.2 Å². The number of nitrogens with zero attached hydrogens (tertiary/aromatic N) is 1. The molecule has 7 nitrogen and oxygen atoms in total. The molecule has 3 N–H and O–H groups in total. The maximum atomic E-state index is 11.7. The van der Waals surface area contributed by atoms with Crippen molar-refractivity contribution in [3.63, 3.8) is 0 Å². The molecule has 0 spiro atoms. The number of hydrogen-bond acceptors (Lipinski definition) is 5. The molecule has 1 amide bonds. The fourth-order valence-electron chi connectivity index (χ4n) is 1.77. The van der Waals surface area contributed by atoms with Crippen LogP contribution in [0.1, 0.15) is 30.6 Å². The molecule has 7 heteroatoms. The fraction of sp³-hybridized carbons (Fsp3) is 0.357. The summed E-state index contributed by atoms with van der Waals surface area (Å²) in [6.07, 6.45) is 0.860. The van der Waals surface area contributed by atoms with E-state index in [9.17, 15) is 9.59 Å². The molecule has 0 fully saturated rings. The quantitative estimate of drug-likeness (QED) is 0.750. The van der Waals surface area contributed by atoms with Crippen LogP contribution in [-0.4, -0.2) is 34.6 Å². The molecule has 1 aromatic carbocycles. The summed E-state index contributed by atoms with van der Waals surface area (Å²) in [5.74, 6) is -1.18. The summed E-state index contributed by atoms with van der Waals surface area (Å²) in [6.45, 7) is 4.28. The number of carboxylic acid groups (broad SMARTS) is 1. The first-order valence-corrected chi connectivity index (χ1v) is 6.69. The number of amides is 1. The van der Waals surface area contributed by atoms with E-state index in [2.05, 4.69) is 15.6 Å². The Labute approximate surface area is 121 Å². The molecule has 1 atom stereocenters. The standard InChI is InChI=1S/C14H17N3O4/c1-3-6-15-12(18)8(2)16-14-17-10-5-4-9(13(19)20)7-11(10)21-14/h4-5,7-8H,3,6H2,1-2H3,(H,15,18)(H,16,17)(H,19,20). The summed E-state index contributed by atoms with van der Waals surface area (Å²) in [4.78, 5) is 26.8. The van der Waals surface area contributed by atoms with E-state index in [4.69, 9.17) is 9.52 Å². The number of carbonyl (C=O) groups is 2. The van der Waals surface area contributed by atoms with Gasteiger partial charge in [0.25, 0.3) is 6.01 Å². The van der Waals surface area contributed by atoms with Crippen LogP contribution in [0.4, 0.5) is 6.01 Å². The van der Waals surface area contributed by atoms with E-state index in [1.165, 1.54) is 12.1 Å². The largest absolute Gasteiger partial charge is 0.478 e. The maximum absolute atomic E-state index is 11.7. The lowest BCUT2D eigenvalue weighted by Gasteiger charge is -2.11. The Bertz CT molecular complexity index is 665. The van der Waals surface area contributed by atoms with E-state index in [0.717, 1.165) is 6.42 Å². The van der Waals surface area contributed by atoms with Crippen molar-refractivity contribution in [2.75, 3.05) is 11.9 Å². The molecule has 0 saturated carbocycles. The molecule has 1 unspecified atom stereocenters. The molecule has 0 aliphatic heterocycles. The number of aromatic nitrogens is 1. The van der Waals surface area contributed by atoms with Gasteiger partial charge in [-0.25, -0.2) is 4.79 Å². The normalized spacial score (nSPS) is 12.1. The lowest BCUT2D eigenvalue weighted by atomic mass is 10.2. The van der Waals surface area contributed by atoms with Crippen LogP contribution in [0.5, 0.6) is 0 Å². The number of rotatable bonds is 6. The number of carbonyl (C=O) groups excluding carboxylic acids is 1. The van der Waals surface area contributed by atoms with E-state index in [1.54, 1.807) is 13.0 Å². The second-order valence-corrected chi connectivity index (χ2v) is 4.66. The third kappa shape index (κ3) is 3.50. The highest BCUT2D eigenvalue weighted by molar-refractivity contribution is 5.92. The number of nitrogens with one attached hydrogen (secondary N) is 2. The van der Waals surface area contributed by atoms with Gasteiger partial charge >= 0.3 is 5.97 Å². The maximum Gasteiger partial charge on any atom is 0.335 e. The predicted octanol–water partition coefficient (Wildman–Crippen LogP) is 1.85. The Hall–Kier alpha value is -2.57. The van der Waals surface area contributed by atoms with Gasteiger partial charge in [-0.15, -0.1) is 0 Å². The van der Waals surface area contributed by atoms with Gasteiger partial charge in [-0.2, -0.15) is 4.98 Å². The van der Waals surface area contributed by atoms with Crippen molar-refractivity contribution in [3.05, 3.63) is 23.8 Å². The number of benzene rings is 1. The van der Waals surface area contributed by atoms with Crippen molar-refractivity contribution in [2.24, 2.45) is 0 Å². The molecule has 1 aromatic heterocycles. The van der Waals surface area contributed by atoms with Crippen LogP contribution in [0.25, 0.3) is 11.1 Å². The number of hydrogen-bond donors (Lipinski definition) is 3. The molecular formula is C14H17N3O4. The van der Waals surface area contributed by atoms with Crippen molar-refractivity contribution >= 4 is 29.0 Å². The molecule has 112 valence electrons. The van der Waals surface area contributed by atoms with Gasteiger partial charge in [-0.05, 0) is 31.5 Å². The van der Waals surface area contributed by atoms with Gasteiger partial charge in [0.2, 0.25) is 5.91 Å². The third-order valence-electron chi connectivity index (χ3n) is 2.92. The third-order valence-corrected chi connectivity index (χ3v) is 2.92. The molecule has 2 rings (SSSR count). The van der Waals surface area contributed by atoms with Crippen LogP contribution in [0, 0.1) is 0 Å². The second kappa shape index (κ2) is 6.25. The van der Waals surface area contributed by atoms with Crippen LogP contribution in [0.15, 0.2) is 22.6 Å². The van der Waals surface area contributed by atoms with Crippen molar-refractivity contribution in [1.29, 1.82) is 0 Å². The molecule has 0 saturated heterocycles. The van der Waals surface area contributed by atoms with Gasteiger partial charge in [-0.3, -0.25) is 4.79 Å². The smallest absolute Gasteiger partial charge is 0.335 e. The van der Waals surface area contributed by atoms with Crippen LogP contribution in [-0.2, 0) is 4.79 Å². The zero-order valence-corrected chi connectivity index (χ0v) is 11.8. The minimum atomic E-state index is -1.03. The van der Waals surface area contributed by atoms with Gasteiger partial charge in [0.1, 0.15) is 11.6 Å². The minimum absolute atomic E-state index is 0.124. The Balaban J connectivity index is 2.12. The zero-order chi connectivity index (χ0) is 15.4. The van der Waals surface area contributed by atoms with E-state index < -0.39 is 12.0 Å². The van der Waals surface area contributed by atoms with E-state index in [-0.39, 0.29) is 17.5 Å². The predicted molar refractivity (Wildman–Crippen MR) is 77.4 cm³/mol. The molecule has 0 bridgehead atoms. The summed E-state index contributed by atoms with van der Waals surface area (Å²) < 4.78 is 5.42. The first kappa shape index (κ1) is 14.8. The van der Waals surface area contributed by atoms with Gasteiger partial charge in [-0.1, -0.05) is 6.92 Å². The highest BCUT2D eigenvalue weighted by Gasteiger charge is 2.15. The minimum Gasteiger partial charge on any atom is -0.478 e. The Morgan fingerprint density at radius 2 is 2.19 bits per heavy atom. The molecular weight excluding hydrogens is 274 g/mol. The molecule has 1 heterocycles. The lowest BCUT2D eigenvalue weighted by molar-refractivity contribution is -0.121. The monoisotopic (exact) mass is 291 g/mol. The van der Waals surface area contributed by atoms with E-state index >= 15 is 0 Å². The summed E-state index contributed by atoms with van der Waals surface area (Å²) in [5.41, 5.74) is 1.01. The molecule has 0 aliphatic carbocycles. The average molecular weight is 291 g/mol. The SMILES string of the molecule is CCCNC(=O)C(C)Nc1nc2ccc(C(=O)O)cc2o1. The highest BCUT2D eigenvalue weighted by Crippen LogP contribution is 2.20. The molecule has 0 aliphatic rings. The van der Waals surface area contributed by atoms with Crippen LogP contribution in [0.2, 0.25) is 0 Å². The van der Waals surface area contributed by atoms with E-state index in [0.29, 0.717) is 17.6 Å². The zero-order valence-electron chi connectivity index (χ0n) is 11.8. The molecule has 2 aromatic rings. The van der Waals surface area contributed by atoms with E-state index in [1.807, 2.05) is 6.92 Å². The average Bonchev–Trinajstić information content (AvgIpc) is 2.85. The highest BCUT2D eigenvalue weighted by atomic mass is 16.4. The number of anilines is 1. The molecule has 21 heavy (non-hydrogen) atoms. The topological polar surface area (TPSA) is 104 Å². The fourth-order valence-corrected chi connectivity index (χ4v) is 1.77. The van der Waals surface area contributed by atoms with Gasteiger partial charge in [0.15, 0.2) is 5.58 Å². The number of aromatic carboxylic acids is 1. The van der Waals surface area contributed by atoms with Gasteiger partial charge in [0.05, 0.1) is 5.56 Å². The van der Waals surface area contributed by atoms with Crippen LogP contribution >= 0.6 is 0 Å². The van der Waals surface area contributed by atoms with Crippen LogP contribution < -0.4 is 10.6 Å². The number of fused-ring (bicyclic) bond motifs is 1. The summed E-state index contributed by atoms with van der Waals surface area (Å²) in [5, 5.41) is 14.5. The summed E-state index contributed by atoms with van der Waals surface area (Å²) >= 11 is 0. The summed E-state index contributed by atoms with van der Waals surface area (Å²) in [6, 6.07) is 4.11. The Morgan fingerprint density at radius 1 is 1.43 bits per heavy atom. The van der Waals surface area contributed by atoms with Crippen molar-refractivity contribution < 1.29 is 19.1 Å². The van der Waals surface area contributed by atoms with Crippen molar-refractivity contribution in [1.82, 2.24) is 10.3 Å². The Kier molecular flexibility index (Phi) is 4.42. The first-order valence-electron chi connectivity index (χ1n) is 6.69. The van der Waals surface area contributed by atoms with Crippen LogP contribution in [0.3, 0.4) is 0 Å². The number of oxazole rings is 1. The second-order valence-electron chi connectivity index (χ2n) is 4.66. The van der Waals surface area contributed by atoms with Gasteiger partial charge in [0, 0.05) is 6.54 Å². The number of carboxylic acids is 1. The molecule has 0 radical (unpaired) electrons. The lowest BCUT2D eigenvalue weighted by Crippen LogP contribution is -2.37. The van der Waals surface area contributed by atoms with Crippen molar-refractivity contribution in [2.45, 2.75) is 26.3 Å². The van der Waals surface area contributed by atoms with Crippen molar-refractivity contribution in [3.8, 4) is 0 Å².